The molecule has 0 aliphatic carbocycles. The minimum atomic E-state index is -0.380. The molecule has 2 heterocycles. The Bertz CT molecular complexity index is 337. The third-order valence-corrected chi connectivity index (χ3v) is 1.93. The monoisotopic (exact) mass is 197 g/mol. The van der Waals surface area contributed by atoms with Gasteiger partial charge in [0.1, 0.15) is 6.10 Å². The second kappa shape index (κ2) is 3.62. The molecule has 0 spiro atoms. The smallest absolute Gasteiger partial charge is 0.407 e. The number of ether oxygens (including phenoxy) is 1. The number of nitrogens with one attached hydrogen (secondary N) is 1. The standard InChI is InChI=1S/C7H11N5O2/c8-1-5-3-12(11-10-5)4-6-2-9-7(13)14-6/h3,6H,1-2,4,8H2,(H,9,13). The van der Waals surface area contributed by atoms with Gasteiger partial charge in [0.05, 0.1) is 18.8 Å². The Morgan fingerprint density at radius 1 is 1.79 bits per heavy atom. The molecule has 2 rings (SSSR count). The molecule has 0 aromatic carbocycles. The molecule has 3 N–H and O–H groups in total. The molecule has 0 bridgehead atoms. The lowest BCUT2D eigenvalue weighted by Gasteiger charge is -2.05. The fraction of sp³-hybridized carbons (Fsp3) is 0.571. The molecule has 0 radical (unpaired) electrons. The van der Waals surface area contributed by atoms with Gasteiger partial charge in [0.15, 0.2) is 0 Å². The lowest BCUT2D eigenvalue weighted by molar-refractivity contribution is 0.128. The van der Waals surface area contributed by atoms with Crippen molar-refractivity contribution < 1.29 is 9.53 Å². The van der Waals surface area contributed by atoms with E-state index in [1.807, 2.05) is 0 Å². The van der Waals surface area contributed by atoms with Crippen molar-refractivity contribution >= 4 is 6.09 Å². The first-order chi connectivity index (χ1) is 6.78. The Labute approximate surface area is 80.2 Å². The van der Waals surface area contributed by atoms with Crippen LogP contribution >= 0.6 is 0 Å². The van der Waals surface area contributed by atoms with E-state index in [2.05, 4.69) is 15.6 Å². The first-order valence-electron chi connectivity index (χ1n) is 4.31. The SMILES string of the molecule is NCc1cn(CC2CNC(=O)O2)nn1. The summed E-state index contributed by atoms with van der Waals surface area (Å²) in [7, 11) is 0. The number of carbonyl (C=O) groups is 1. The maximum atomic E-state index is 10.7. The van der Waals surface area contributed by atoms with Gasteiger partial charge in [0.25, 0.3) is 0 Å². The van der Waals surface area contributed by atoms with Crippen LogP contribution in [0.3, 0.4) is 0 Å². The Kier molecular flexibility index (Phi) is 2.32. The number of carbonyl (C=O) groups excluding carboxylic acids is 1. The molecule has 7 heteroatoms. The summed E-state index contributed by atoms with van der Waals surface area (Å²) in [4.78, 5) is 10.7. The van der Waals surface area contributed by atoms with Crippen molar-refractivity contribution in [2.75, 3.05) is 6.54 Å². The van der Waals surface area contributed by atoms with E-state index < -0.39 is 0 Å². The fourth-order valence-electron chi connectivity index (χ4n) is 1.26. The van der Waals surface area contributed by atoms with Gasteiger partial charge >= 0.3 is 6.09 Å². The van der Waals surface area contributed by atoms with Gasteiger partial charge in [0, 0.05) is 12.7 Å². The van der Waals surface area contributed by atoms with E-state index in [9.17, 15) is 4.79 Å². The van der Waals surface area contributed by atoms with Crippen molar-refractivity contribution in [3.8, 4) is 0 Å². The summed E-state index contributed by atoms with van der Waals surface area (Å²) >= 11 is 0. The molecule has 7 nitrogen and oxygen atoms in total. The number of amides is 1. The Hall–Kier alpha value is -1.63. The molecule has 14 heavy (non-hydrogen) atoms. The highest BCUT2D eigenvalue weighted by Gasteiger charge is 2.22. The lowest BCUT2D eigenvalue weighted by Crippen LogP contribution is -2.20. The summed E-state index contributed by atoms with van der Waals surface area (Å²) in [5.41, 5.74) is 6.10. The molecular weight excluding hydrogens is 186 g/mol. The summed E-state index contributed by atoms with van der Waals surface area (Å²) < 4.78 is 6.56. The van der Waals surface area contributed by atoms with Crippen LogP contribution in [0.2, 0.25) is 0 Å². The molecule has 1 amide bonds. The summed E-state index contributed by atoms with van der Waals surface area (Å²) in [5, 5.41) is 10.2. The van der Waals surface area contributed by atoms with Crippen molar-refractivity contribution in [1.29, 1.82) is 0 Å². The molecule has 1 aliphatic rings. The van der Waals surface area contributed by atoms with Crippen LogP contribution in [0.1, 0.15) is 5.69 Å². The van der Waals surface area contributed by atoms with Gasteiger partial charge in [-0.15, -0.1) is 5.10 Å². The zero-order valence-corrected chi connectivity index (χ0v) is 7.51. The van der Waals surface area contributed by atoms with Crippen LogP contribution < -0.4 is 11.1 Å². The van der Waals surface area contributed by atoms with E-state index >= 15 is 0 Å². The topological polar surface area (TPSA) is 95.1 Å². The minimum absolute atomic E-state index is 0.171. The zero-order chi connectivity index (χ0) is 9.97. The van der Waals surface area contributed by atoms with Crippen LogP contribution in [-0.4, -0.2) is 33.7 Å². The summed E-state index contributed by atoms with van der Waals surface area (Å²) in [6.45, 7) is 1.38. The van der Waals surface area contributed by atoms with Crippen molar-refractivity contribution in [1.82, 2.24) is 20.3 Å². The molecule has 1 fully saturated rings. The van der Waals surface area contributed by atoms with Crippen LogP contribution in [0.25, 0.3) is 0 Å². The van der Waals surface area contributed by atoms with Crippen molar-refractivity contribution in [2.24, 2.45) is 5.73 Å². The van der Waals surface area contributed by atoms with Crippen LogP contribution in [0.4, 0.5) is 4.79 Å². The maximum Gasteiger partial charge on any atom is 0.407 e. The lowest BCUT2D eigenvalue weighted by atomic mass is 10.3. The quantitative estimate of drug-likeness (QED) is 0.637. The first-order valence-corrected chi connectivity index (χ1v) is 4.31. The molecule has 1 aliphatic heterocycles. The molecule has 1 saturated heterocycles. The van der Waals surface area contributed by atoms with Gasteiger partial charge < -0.3 is 15.8 Å². The second-order valence-corrected chi connectivity index (χ2v) is 3.04. The molecular formula is C7H11N5O2. The molecule has 76 valence electrons. The van der Waals surface area contributed by atoms with E-state index in [1.54, 1.807) is 10.9 Å². The van der Waals surface area contributed by atoms with Crippen LogP contribution in [0.15, 0.2) is 6.20 Å². The van der Waals surface area contributed by atoms with Gasteiger partial charge in [-0.2, -0.15) is 0 Å². The molecule has 1 unspecified atom stereocenters. The Morgan fingerprint density at radius 2 is 2.64 bits per heavy atom. The van der Waals surface area contributed by atoms with E-state index in [4.69, 9.17) is 10.5 Å². The normalized spacial score (nSPS) is 20.6. The number of nitrogens with two attached hydrogens (primary N) is 1. The number of alkyl carbamates (subject to hydrolysis) is 1. The Balaban J connectivity index is 1.93. The minimum Gasteiger partial charge on any atom is -0.442 e. The highest BCUT2D eigenvalue weighted by Crippen LogP contribution is 2.03. The van der Waals surface area contributed by atoms with Gasteiger partial charge in [-0.05, 0) is 0 Å². The van der Waals surface area contributed by atoms with Crippen molar-refractivity contribution in [3.05, 3.63) is 11.9 Å². The van der Waals surface area contributed by atoms with Crippen molar-refractivity contribution in [3.63, 3.8) is 0 Å². The third-order valence-electron chi connectivity index (χ3n) is 1.93. The Morgan fingerprint density at radius 3 is 3.21 bits per heavy atom. The summed E-state index contributed by atoms with van der Waals surface area (Å²) in [5.74, 6) is 0. The summed E-state index contributed by atoms with van der Waals surface area (Å²) in [6.07, 6.45) is 1.19. The van der Waals surface area contributed by atoms with Crippen LogP contribution in [0.5, 0.6) is 0 Å². The predicted molar refractivity (Wildman–Crippen MR) is 46.2 cm³/mol. The predicted octanol–water partition coefficient (Wildman–Crippen LogP) is -1.15. The molecule has 1 aromatic heterocycles. The van der Waals surface area contributed by atoms with Gasteiger partial charge in [-0.25, -0.2) is 9.48 Å². The van der Waals surface area contributed by atoms with Crippen LogP contribution in [0, 0.1) is 0 Å². The van der Waals surface area contributed by atoms with E-state index in [1.165, 1.54) is 0 Å². The largest absolute Gasteiger partial charge is 0.442 e. The highest BCUT2D eigenvalue weighted by atomic mass is 16.6. The van der Waals surface area contributed by atoms with E-state index in [0.29, 0.717) is 19.6 Å². The van der Waals surface area contributed by atoms with Gasteiger partial charge in [0.2, 0.25) is 0 Å². The van der Waals surface area contributed by atoms with E-state index in [-0.39, 0.29) is 12.2 Å². The number of cyclic esters (lactones) is 1. The zero-order valence-electron chi connectivity index (χ0n) is 7.51. The number of nitrogens with zero attached hydrogens (tertiary/aromatic N) is 3. The summed E-state index contributed by atoms with van der Waals surface area (Å²) in [6, 6.07) is 0. The third kappa shape index (κ3) is 1.82. The molecule has 1 atom stereocenters. The fourth-order valence-corrected chi connectivity index (χ4v) is 1.26. The maximum absolute atomic E-state index is 10.7. The van der Waals surface area contributed by atoms with E-state index in [0.717, 1.165) is 5.69 Å². The van der Waals surface area contributed by atoms with Gasteiger partial charge in [-0.3, -0.25) is 0 Å². The number of aromatic nitrogens is 3. The van der Waals surface area contributed by atoms with Crippen LogP contribution in [-0.2, 0) is 17.8 Å². The molecule has 1 aromatic rings. The number of hydrogen-bond donors (Lipinski definition) is 2. The highest BCUT2D eigenvalue weighted by molar-refractivity contribution is 5.69. The second-order valence-electron chi connectivity index (χ2n) is 3.04. The molecule has 0 saturated carbocycles. The average Bonchev–Trinajstić information content (AvgIpc) is 2.76. The first kappa shape index (κ1) is 8.95. The van der Waals surface area contributed by atoms with Gasteiger partial charge in [-0.1, -0.05) is 5.21 Å². The number of hydrogen-bond acceptors (Lipinski definition) is 5. The average molecular weight is 197 g/mol. The van der Waals surface area contributed by atoms with Crippen molar-refractivity contribution in [2.45, 2.75) is 19.2 Å². The number of rotatable bonds is 3.